The number of ether oxygens (including phenoxy) is 1. The van der Waals surface area contributed by atoms with Gasteiger partial charge in [-0.3, -0.25) is 0 Å². The third-order valence-electron chi connectivity index (χ3n) is 11.7. The summed E-state index contributed by atoms with van der Waals surface area (Å²) in [6.45, 7) is 17.3. The minimum absolute atomic E-state index is 0.0108. The zero-order chi connectivity index (χ0) is 41.4. The molecule has 0 unspecified atom stereocenters. The second kappa shape index (κ2) is 19.0. The molecule has 0 saturated heterocycles. The van der Waals surface area contributed by atoms with Crippen molar-refractivity contribution in [2.75, 3.05) is 26.4 Å². The number of aliphatic hydroxyl groups is 1. The van der Waals surface area contributed by atoms with Crippen LogP contribution in [0.15, 0.2) is 161 Å². The van der Waals surface area contributed by atoms with Gasteiger partial charge in [0, 0.05) is 43.0 Å². The van der Waals surface area contributed by atoms with Gasteiger partial charge >= 0.3 is 0 Å². The van der Waals surface area contributed by atoms with Gasteiger partial charge in [0.2, 0.25) is 0 Å². The maximum atomic E-state index is 14.2. The van der Waals surface area contributed by atoms with Crippen molar-refractivity contribution in [1.82, 2.24) is 0 Å². The van der Waals surface area contributed by atoms with Crippen LogP contribution in [-0.2, 0) is 24.4 Å². The van der Waals surface area contributed by atoms with Gasteiger partial charge in [0.05, 0.1) is 22.3 Å². The van der Waals surface area contributed by atoms with Crippen LogP contribution in [0.4, 0.5) is 0 Å². The molecule has 0 aliphatic carbocycles. The van der Waals surface area contributed by atoms with E-state index in [9.17, 15) is 9.32 Å². The van der Waals surface area contributed by atoms with E-state index in [1.54, 1.807) is 0 Å². The van der Waals surface area contributed by atoms with Crippen LogP contribution in [0.25, 0.3) is 0 Å². The van der Waals surface area contributed by atoms with Crippen molar-refractivity contribution in [3.63, 3.8) is 0 Å². The van der Waals surface area contributed by atoms with Crippen LogP contribution in [0.1, 0.15) is 66.4 Å². The topological polar surface area (TPSA) is 65.0 Å². The smallest absolute Gasteiger partial charge is 0.261 e. The van der Waals surface area contributed by atoms with Crippen LogP contribution in [0.2, 0.25) is 10.1 Å². The highest BCUT2D eigenvalue weighted by Gasteiger charge is 2.52. The lowest BCUT2D eigenvalue weighted by Gasteiger charge is -2.45. The number of benzene rings is 5. The van der Waals surface area contributed by atoms with E-state index in [1.165, 1.54) is 20.7 Å². The summed E-state index contributed by atoms with van der Waals surface area (Å²) >= 11 is 0. The van der Waals surface area contributed by atoms with Gasteiger partial charge in [0.15, 0.2) is 0 Å². The first-order valence-corrected chi connectivity index (χ1v) is 25.7. The molecule has 0 bridgehead atoms. The average Bonchev–Trinajstić information content (AvgIpc) is 3.23. The number of hydrogen-bond donors (Lipinski definition) is 1. The summed E-state index contributed by atoms with van der Waals surface area (Å²) in [5.41, 5.74) is 1.12. The molecule has 5 aromatic carbocycles. The van der Waals surface area contributed by atoms with Gasteiger partial charge in [0.25, 0.3) is 16.6 Å². The molecular weight excluding hydrogens is 769 g/mol. The molecule has 1 aliphatic heterocycles. The first kappa shape index (κ1) is 43.7. The molecule has 1 N–H and O–H groups in total. The Morgan fingerprint density at radius 1 is 0.655 bits per heavy atom. The molecule has 0 amide bonds. The van der Waals surface area contributed by atoms with Crippen LogP contribution >= 0.6 is 0 Å². The summed E-state index contributed by atoms with van der Waals surface area (Å²) in [6.07, 6.45) is 1.84. The Morgan fingerprint density at radius 3 is 1.41 bits per heavy atom. The molecule has 0 radical (unpaired) electrons. The van der Waals surface area contributed by atoms with E-state index in [2.05, 4.69) is 163 Å². The van der Waals surface area contributed by atoms with Crippen molar-refractivity contribution in [2.24, 2.45) is 11.8 Å². The quantitative estimate of drug-likeness (QED) is 0.101. The van der Waals surface area contributed by atoms with Crippen molar-refractivity contribution >= 4 is 48.2 Å². The van der Waals surface area contributed by atoms with Crippen LogP contribution in [0.3, 0.4) is 0 Å². The molecule has 5 nitrogen and oxygen atoms in total. The van der Waals surface area contributed by atoms with Gasteiger partial charge in [0.1, 0.15) is 5.76 Å². The molecule has 0 aromatic heterocycles. The van der Waals surface area contributed by atoms with Crippen molar-refractivity contribution in [3.8, 4) is 0 Å². The highest BCUT2D eigenvalue weighted by molar-refractivity contribution is 7.89. The summed E-state index contributed by atoms with van der Waals surface area (Å²) in [5.74, 6) is 0.648. The molecule has 306 valence electrons. The summed E-state index contributed by atoms with van der Waals surface area (Å²) in [7, 11) is -7.17. The molecule has 8 heteroatoms. The maximum absolute atomic E-state index is 14.2. The number of aliphatic hydroxyl groups excluding tert-OH is 1. The van der Waals surface area contributed by atoms with Crippen LogP contribution in [0.5, 0.6) is 0 Å². The Morgan fingerprint density at radius 2 is 1.05 bits per heavy atom. The van der Waals surface area contributed by atoms with Crippen molar-refractivity contribution in [1.29, 1.82) is 0 Å². The Hall–Kier alpha value is -3.90. The van der Waals surface area contributed by atoms with E-state index in [0.29, 0.717) is 39.1 Å². The normalized spacial score (nSPS) is 16.0. The third-order valence-corrected chi connectivity index (χ3v) is 23.2. The molecule has 2 atom stereocenters. The first-order valence-electron chi connectivity index (χ1n) is 20.7. The van der Waals surface area contributed by atoms with Gasteiger partial charge in [-0.15, -0.1) is 0 Å². The average molecular weight is 831 g/mol. The predicted octanol–water partition coefficient (Wildman–Crippen LogP) is 8.89. The molecule has 0 spiro atoms. The summed E-state index contributed by atoms with van der Waals surface area (Å²) in [5, 5.41) is 14.8. The largest absolute Gasteiger partial charge is 0.497 e. The molecule has 1 heterocycles. The fraction of sp³-hybridized carbons (Fsp3) is 0.360. The SMILES string of the molecule is Cc1ccc([S@](=O)C2=C(CCC(CO[Si](c3ccccc3)(c3ccccc3)C(C)(C)C)CO[Si](c3ccccc3)(c3ccccc3)C(C)(C)C)OC[C@H](CO)C2)cc1. The van der Waals surface area contributed by atoms with Gasteiger partial charge in [-0.1, -0.05) is 181 Å². The highest BCUT2D eigenvalue weighted by Crippen LogP contribution is 2.40. The molecule has 58 heavy (non-hydrogen) atoms. The predicted molar refractivity (Wildman–Crippen MR) is 246 cm³/mol. The number of hydrogen-bond acceptors (Lipinski definition) is 5. The molecular formula is C50H62O5SSi2. The lowest BCUT2D eigenvalue weighted by molar-refractivity contribution is 0.0912. The van der Waals surface area contributed by atoms with Crippen LogP contribution in [0, 0.1) is 18.8 Å². The Balaban J connectivity index is 1.42. The van der Waals surface area contributed by atoms with E-state index in [-0.39, 0.29) is 28.5 Å². The molecule has 0 saturated carbocycles. The van der Waals surface area contributed by atoms with E-state index in [4.69, 9.17) is 13.6 Å². The van der Waals surface area contributed by atoms with Gasteiger partial charge < -0.3 is 18.7 Å². The molecule has 6 rings (SSSR count). The minimum Gasteiger partial charge on any atom is -0.497 e. The second-order valence-corrected chi connectivity index (χ2v) is 28.0. The minimum atomic E-state index is -2.88. The first-order chi connectivity index (χ1) is 27.8. The van der Waals surface area contributed by atoms with E-state index in [1.807, 2.05) is 31.2 Å². The van der Waals surface area contributed by atoms with Crippen LogP contribution in [-0.4, -0.2) is 52.4 Å². The lowest BCUT2D eigenvalue weighted by Crippen LogP contribution is -2.67. The Bertz CT molecular complexity index is 1910. The fourth-order valence-electron chi connectivity index (χ4n) is 8.60. The monoisotopic (exact) mass is 830 g/mol. The summed E-state index contributed by atoms with van der Waals surface area (Å²) in [6, 6.07) is 51.1. The number of allylic oxidation sites excluding steroid dienone is 2. The van der Waals surface area contributed by atoms with E-state index >= 15 is 0 Å². The summed E-state index contributed by atoms with van der Waals surface area (Å²) in [4.78, 5) is 1.52. The van der Waals surface area contributed by atoms with Crippen molar-refractivity contribution in [2.45, 2.75) is 82.7 Å². The number of aryl methyl sites for hydroxylation is 1. The number of rotatable bonds is 16. The molecule has 1 aliphatic rings. The third kappa shape index (κ3) is 9.43. The zero-order valence-corrected chi connectivity index (χ0v) is 38.3. The summed E-state index contributed by atoms with van der Waals surface area (Å²) < 4.78 is 36.0. The van der Waals surface area contributed by atoms with Gasteiger partial charge in [-0.25, -0.2) is 4.21 Å². The van der Waals surface area contributed by atoms with Crippen LogP contribution < -0.4 is 20.7 Å². The van der Waals surface area contributed by atoms with Crippen molar-refractivity contribution in [3.05, 3.63) is 162 Å². The van der Waals surface area contributed by atoms with Crippen molar-refractivity contribution < 1.29 is 22.9 Å². The van der Waals surface area contributed by atoms with E-state index < -0.39 is 27.4 Å². The fourth-order valence-corrected chi connectivity index (χ4v) is 19.3. The Kier molecular flexibility index (Phi) is 14.3. The highest BCUT2D eigenvalue weighted by atomic mass is 32.2. The lowest BCUT2D eigenvalue weighted by atomic mass is 10.0. The second-order valence-electron chi connectivity index (χ2n) is 17.8. The standard InChI is InChI=1S/C50H62O5SSi2/c1-39-28-31-42(32-29-39)56(52)48-34-41(35-51)36-53-47(48)33-30-40(37-54-57(49(2,3)4,43-20-12-8-13-21-43)44-22-14-9-15-23-44)38-55-58(50(5,6)7,45-24-16-10-17-25-45)46-26-18-11-19-27-46/h8-29,31-32,40-41,51H,30,33-38H2,1-7H3/t41-,56-/m0/s1. The molecule has 0 fully saturated rings. The maximum Gasteiger partial charge on any atom is 0.261 e. The van der Waals surface area contributed by atoms with E-state index in [0.717, 1.165) is 21.1 Å². The van der Waals surface area contributed by atoms with Gasteiger partial charge in [-0.2, -0.15) is 0 Å². The van der Waals surface area contributed by atoms with Gasteiger partial charge in [-0.05, 0) is 62.7 Å². The molecule has 5 aromatic rings. The Labute approximate surface area is 352 Å². The zero-order valence-electron chi connectivity index (χ0n) is 35.4.